The number of rotatable bonds is 6. The summed E-state index contributed by atoms with van der Waals surface area (Å²) in [4.78, 5) is 42.3. The maximum atomic E-state index is 13.4. The van der Waals surface area contributed by atoms with Crippen molar-refractivity contribution < 1.29 is 14.4 Å². The van der Waals surface area contributed by atoms with Gasteiger partial charge >= 0.3 is 0 Å². The Hall–Kier alpha value is -3.15. The number of halogens is 2. The van der Waals surface area contributed by atoms with Crippen LogP contribution in [0.1, 0.15) is 23.1 Å². The van der Waals surface area contributed by atoms with Crippen LogP contribution in [0.2, 0.25) is 10.0 Å². The summed E-state index contributed by atoms with van der Waals surface area (Å²) in [5.41, 5.74) is 2.99. The summed E-state index contributed by atoms with van der Waals surface area (Å²) in [7, 11) is 0. The Bertz CT molecular complexity index is 1190. The lowest BCUT2D eigenvalue weighted by atomic mass is 10.1. The summed E-state index contributed by atoms with van der Waals surface area (Å²) in [6.45, 7) is 2.05. The van der Waals surface area contributed by atoms with Crippen molar-refractivity contribution in [2.75, 3.05) is 4.90 Å². The molecular formula is C26H22Cl2N2O3. The van der Waals surface area contributed by atoms with Gasteiger partial charge in [-0.3, -0.25) is 14.4 Å². The van der Waals surface area contributed by atoms with Crippen molar-refractivity contribution in [3.63, 3.8) is 0 Å². The third-order valence-corrected chi connectivity index (χ3v) is 6.30. The van der Waals surface area contributed by atoms with Crippen molar-refractivity contribution in [2.45, 2.75) is 32.4 Å². The third-order valence-electron chi connectivity index (χ3n) is 5.68. The van der Waals surface area contributed by atoms with E-state index in [0.29, 0.717) is 21.3 Å². The average Bonchev–Trinajstić information content (AvgIpc) is 3.09. The summed E-state index contributed by atoms with van der Waals surface area (Å²) in [5, 5.41) is 1.07. The minimum absolute atomic E-state index is 0.0735. The van der Waals surface area contributed by atoms with Crippen LogP contribution >= 0.6 is 23.2 Å². The summed E-state index contributed by atoms with van der Waals surface area (Å²) in [6, 6.07) is 20.4. The van der Waals surface area contributed by atoms with E-state index in [-0.39, 0.29) is 31.2 Å². The molecule has 3 aromatic rings. The Morgan fingerprint density at radius 3 is 2.30 bits per heavy atom. The van der Waals surface area contributed by atoms with Crippen LogP contribution < -0.4 is 4.90 Å². The van der Waals surface area contributed by atoms with Gasteiger partial charge in [0.05, 0.1) is 18.5 Å². The molecule has 1 heterocycles. The van der Waals surface area contributed by atoms with Gasteiger partial charge < -0.3 is 4.90 Å². The number of nitrogens with zero attached hydrogens (tertiary/aromatic N) is 2. The monoisotopic (exact) mass is 480 g/mol. The zero-order chi connectivity index (χ0) is 23.5. The molecule has 1 saturated heterocycles. The second kappa shape index (κ2) is 9.77. The van der Waals surface area contributed by atoms with Crippen LogP contribution in [0.15, 0.2) is 72.8 Å². The Kier molecular flexibility index (Phi) is 6.82. The lowest BCUT2D eigenvalue weighted by Crippen LogP contribution is -2.45. The smallest absolute Gasteiger partial charge is 0.257 e. The largest absolute Gasteiger partial charge is 0.325 e. The molecule has 0 spiro atoms. The van der Waals surface area contributed by atoms with Gasteiger partial charge in [0.1, 0.15) is 6.04 Å². The minimum atomic E-state index is -0.908. The van der Waals surface area contributed by atoms with Crippen molar-refractivity contribution in [3.05, 3.63) is 99.5 Å². The van der Waals surface area contributed by atoms with Crippen molar-refractivity contribution in [2.24, 2.45) is 0 Å². The Balaban J connectivity index is 1.64. The first-order valence-corrected chi connectivity index (χ1v) is 11.3. The van der Waals surface area contributed by atoms with Gasteiger partial charge in [0.25, 0.3) is 5.91 Å². The molecule has 3 amide bonds. The quantitative estimate of drug-likeness (QED) is 0.455. The highest BCUT2D eigenvalue weighted by Crippen LogP contribution is 2.29. The van der Waals surface area contributed by atoms with E-state index in [2.05, 4.69) is 0 Å². The van der Waals surface area contributed by atoms with Crippen LogP contribution in [0, 0.1) is 6.92 Å². The Morgan fingerprint density at radius 1 is 0.970 bits per heavy atom. The SMILES string of the molecule is Cc1ccc(N2C(=O)CC(N(Cc3ccccc3Cl)C(=O)Cc3ccc(Cl)cc3)C2=O)cc1. The highest BCUT2D eigenvalue weighted by molar-refractivity contribution is 6.31. The van der Waals surface area contributed by atoms with Crippen molar-refractivity contribution in [1.82, 2.24) is 4.90 Å². The molecule has 0 bridgehead atoms. The lowest BCUT2D eigenvalue weighted by molar-refractivity contribution is -0.138. The van der Waals surface area contributed by atoms with Gasteiger partial charge in [-0.1, -0.05) is 71.2 Å². The number of imide groups is 1. The molecule has 5 nitrogen and oxygen atoms in total. The van der Waals surface area contributed by atoms with Gasteiger partial charge in [0.2, 0.25) is 11.8 Å². The molecule has 1 aliphatic heterocycles. The number of anilines is 1. The first kappa shape index (κ1) is 23.0. The summed E-state index contributed by atoms with van der Waals surface area (Å²) in [5.74, 6) is -1.02. The highest BCUT2D eigenvalue weighted by Gasteiger charge is 2.44. The van der Waals surface area contributed by atoms with Crippen LogP contribution in [0.4, 0.5) is 5.69 Å². The molecule has 0 saturated carbocycles. The molecule has 1 unspecified atom stereocenters. The third kappa shape index (κ3) is 5.10. The van der Waals surface area contributed by atoms with Crippen molar-refractivity contribution in [3.8, 4) is 0 Å². The molecule has 0 aromatic heterocycles. The second-order valence-electron chi connectivity index (χ2n) is 8.04. The van der Waals surface area contributed by atoms with Gasteiger partial charge in [-0.25, -0.2) is 4.90 Å². The van der Waals surface area contributed by atoms with Crippen LogP contribution in [-0.4, -0.2) is 28.7 Å². The van der Waals surface area contributed by atoms with Gasteiger partial charge in [0, 0.05) is 16.6 Å². The molecule has 7 heteroatoms. The normalized spacial score (nSPS) is 15.7. The fourth-order valence-electron chi connectivity index (χ4n) is 3.89. The number of carbonyl (C=O) groups is 3. The van der Waals surface area contributed by atoms with Crippen LogP contribution in [-0.2, 0) is 27.3 Å². The first-order valence-electron chi connectivity index (χ1n) is 10.5. The number of amides is 3. The molecule has 0 N–H and O–H groups in total. The van der Waals surface area contributed by atoms with Gasteiger partial charge in [-0.15, -0.1) is 0 Å². The van der Waals surface area contributed by atoms with Crippen molar-refractivity contribution in [1.29, 1.82) is 0 Å². The number of carbonyl (C=O) groups excluding carboxylic acids is 3. The maximum absolute atomic E-state index is 13.4. The van der Waals surface area contributed by atoms with E-state index in [1.165, 1.54) is 9.80 Å². The predicted molar refractivity (Wildman–Crippen MR) is 129 cm³/mol. The average molecular weight is 481 g/mol. The predicted octanol–water partition coefficient (Wildman–Crippen LogP) is 5.21. The van der Waals surface area contributed by atoms with E-state index in [9.17, 15) is 14.4 Å². The van der Waals surface area contributed by atoms with Crippen LogP contribution in [0.5, 0.6) is 0 Å². The Morgan fingerprint density at radius 2 is 1.64 bits per heavy atom. The molecule has 1 fully saturated rings. The van der Waals surface area contributed by atoms with Crippen LogP contribution in [0.3, 0.4) is 0 Å². The Labute approximate surface area is 202 Å². The molecule has 0 aliphatic carbocycles. The topological polar surface area (TPSA) is 57.7 Å². The maximum Gasteiger partial charge on any atom is 0.257 e. The standard InChI is InChI=1S/C26H22Cl2N2O3/c1-17-6-12-21(13-7-17)30-25(32)15-23(26(30)33)29(16-19-4-2-3-5-22(19)28)24(31)14-18-8-10-20(27)11-9-18/h2-13,23H,14-16H2,1H3. The minimum Gasteiger partial charge on any atom is -0.325 e. The van der Waals surface area contributed by atoms with Gasteiger partial charge in [-0.05, 0) is 48.4 Å². The summed E-state index contributed by atoms with van der Waals surface area (Å²) >= 11 is 12.3. The number of hydrogen-bond acceptors (Lipinski definition) is 3. The number of hydrogen-bond donors (Lipinski definition) is 0. The summed E-state index contributed by atoms with van der Waals surface area (Å²) in [6.07, 6.45) is -0.00631. The van der Waals surface area contributed by atoms with E-state index >= 15 is 0 Å². The van der Waals surface area contributed by atoms with Gasteiger partial charge in [0.15, 0.2) is 0 Å². The molecule has 33 heavy (non-hydrogen) atoms. The van der Waals surface area contributed by atoms with E-state index in [1.807, 2.05) is 31.2 Å². The molecule has 1 aliphatic rings. The summed E-state index contributed by atoms with van der Waals surface area (Å²) < 4.78 is 0. The molecule has 0 radical (unpaired) electrons. The van der Waals surface area contributed by atoms with E-state index in [1.54, 1.807) is 48.5 Å². The first-order chi connectivity index (χ1) is 15.8. The van der Waals surface area contributed by atoms with Crippen molar-refractivity contribution >= 4 is 46.6 Å². The molecular weight excluding hydrogens is 459 g/mol. The fourth-order valence-corrected chi connectivity index (χ4v) is 4.21. The lowest BCUT2D eigenvalue weighted by Gasteiger charge is -2.28. The highest BCUT2D eigenvalue weighted by atomic mass is 35.5. The van der Waals surface area contributed by atoms with E-state index in [4.69, 9.17) is 23.2 Å². The fraction of sp³-hybridized carbons (Fsp3) is 0.192. The number of aryl methyl sites for hydroxylation is 1. The van der Waals surface area contributed by atoms with Crippen LogP contribution in [0.25, 0.3) is 0 Å². The molecule has 4 rings (SSSR count). The van der Waals surface area contributed by atoms with E-state index < -0.39 is 11.9 Å². The molecule has 1 atom stereocenters. The van der Waals surface area contributed by atoms with E-state index in [0.717, 1.165) is 11.1 Å². The van der Waals surface area contributed by atoms with Gasteiger partial charge in [-0.2, -0.15) is 0 Å². The zero-order valence-electron chi connectivity index (χ0n) is 18.0. The second-order valence-corrected chi connectivity index (χ2v) is 8.88. The molecule has 168 valence electrons. The zero-order valence-corrected chi connectivity index (χ0v) is 19.5. The molecule has 3 aromatic carbocycles. The number of benzene rings is 3.